The third-order valence-electron chi connectivity index (χ3n) is 2.86. The van der Waals surface area contributed by atoms with Gasteiger partial charge in [-0.3, -0.25) is 4.79 Å². The molecule has 0 saturated carbocycles. The molecule has 1 amide bonds. The van der Waals surface area contributed by atoms with Crippen LogP contribution in [0.5, 0.6) is 0 Å². The van der Waals surface area contributed by atoms with Crippen molar-refractivity contribution >= 4 is 23.4 Å². The van der Waals surface area contributed by atoms with Gasteiger partial charge in [-0.25, -0.2) is 0 Å². The van der Waals surface area contributed by atoms with Crippen molar-refractivity contribution in [3.05, 3.63) is 48.4 Å². The van der Waals surface area contributed by atoms with E-state index >= 15 is 0 Å². The lowest BCUT2D eigenvalue weighted by molar-refractivity contribution is -0.121. The summed E-state index contributed by atoms with van der Waals surface area (Å²) in [6, 6.07) is 11.3. The summed E-state index contributed by atoms with van der Waals surface area (Å²) in [5.41, 5.74) is 0.942. The summed E-state index contributed by atoms with van der Waals surface area (Å²) < 4.78 is 5.17. The topological polar surface area (TPSA) is 54.3 Å². The standard InChI is InChI=1S/C15H18N2O2S/c1-11(15(18)16-10-13-6-4-8-19-13)17-12-5-3-7-14(9-12)20-2/h3-9,11,17H,10H2,1-2H3,(H,16,18). The number of carbonyl (C=O) groups is 1. The van der Waals surface area contributed by atoms with Crippen LogP contribution in [0, 0.1) is 0 Å². The van der Waals surface area contributed by atoms with Gasteiger partial charge in [-0.05, 0) is 43.5 Å². The highest BCUT2D eigenvalue weighted by Gasteiger charge is 2.12. The van der Waals surface area contributed by atoms with E-state index in [0.717, 1.165) is 16.3 Å². The van der Waals surface area contributed by atoms with Gasteiger partial charge in [0.25, 0.3) is 0 Å². The molecule has 0 aliphatic rings. The zero-order valence-corrected chi connectivity index (χ0v) is 12.4. The molecular weight excluding hydrogens is 272 g/mol. The second-order valence-corrected chi connectivity index (χ2v) is 5.27. The van der Waals surface area contributed by atoms with Crippen molar-refractivity contribution in [2.75, 3.05) is 11.6 Å². The summed E-state index contributed by atoms with van der Waals surface area (Å²) in [6.07, 6.45) is 3.62. The minimum Gasteiger partial charge on any atom is -0.467 e. The summed E-state index contributed by atoms with van der Waals surface area (Å²) in [5, 5.41) is 6.02. The van der Waals surface area contributed by atoms with Gasteiger partial charge in [0.2, 0.25) is 5.91 Å². The van der Waals surface area contributed by atoms with E-state index in [1.165, 1.54) is 0 Å². The maximum absolute atomic E-state index is 12.0. The molecule has 2 rings (SSSR count). The van der Waals surface area contributed by atoms with Gasteiger partial charge in [0.15, 0.2) is 0 Å². The number of furan rings is 1. The van der Waals surface area contributed by atoms with Gasteiger partial charge in [0, 0.05) is 10.6 Å². The van der Waals surface area contributed by atoms with E-state index in [4.69, 9.17) is 4.42 Å². The summed E-state index contributed by atoms with van der Waals surface area (Å²) >= 11 is 1.67. The smallest absolute Gasteiger partial charge is 0.242 e. The summed E-state index contributed by atoms with van der Waals surface area (Å²) in [6.45, 7) is 2.24. The largest absolute Gasteiger partial charge is 0.467 e. The predicted molar refractivity (Wildman–Crippen MR) is 81.9 cm³/mol. The molecule has 2 N–H and O–H groups in total. The highest BCUT2D eigenvalue weighted by Crippen LogP contribution is 2.19. The Labute approximate surface area is 122 Å². The van der Waals surface area contributed by atoms with Crippen LogP contribution in [0.25, 0.3) is 0 Å². The number of amides is 1. The van der Waals surface area contributed by atoms with E-state index in [2.05, 4.69) is 10.6 Å². The fraction of sp³-hybridized carbons (Fsp3) is 0.267. The molecule has 1 atom stereocenters. The van der Waals surface area contributed by atoms with E-state index in [1.54, 1.807) is 24.1 Å². The van der Waals surface area contributed by atoms with Crippen LogP contribution in [-0.2, 0) is 11.3 Å². The van der Waals surface area contributed by atoms with Crippen LogP contribution in [0.4, 0.5) is 5.69 Å². The Morgan fingerprint density at radius 1 is 1.35 bits per heavy atom. The molecule has 20 heavy (non-hydrogen) atoms. The van der Waals surface area contributed by atoms with Crippen molar-refractivity contribution in [2.24, 2.45) is 0 Å². The number of thioether (sulfide) groups is 1. The number of benzene rings is 1. The van der Waals surface area contributed by atoms with Crippen molar-refractivity contribution in [1.82, 2.24) is 5.32 Å². The quantitative estimate of drug-likeness (QED) is 0.803. The van der Waals surface area contributed by atoms with Crippen molar-refractivity contribution in [1.29, 1.82) is 0 Å². The first-order valence-electron chi connectivity index (χ1n) is 6.39. The number of rotatable bonds is 6. The summed E-state index contributed by atoms with van der Waals surface area (Å²) in [4.78, 5) is 13.1. The Kier molecular flexibility index (Phi) is 5.12. The molecule has 0 bridgehead atoms. The highest BCUT2D eigenvalue weighted by molar-refractivity contribution is 7.98. The molecule has 0 fully saturated rings. The summed E-state index contributed by atoms with van der Waals surface area (Å²) in [5.74, 6) is 0.686. The molecular formula is C15H18N2O2S. The molecule has 0 spiro atoms. The molecule has 0 aliphatic heterocycles. The van der Waals surface area contributed by atoms with Crippen LogP contribution >= 0.6 is 11.8 Å². The van der Waals surface area contributed by atoms with Gasteiger partial charge in [-0.2, -0.15) is 0 Å². The molecule has 1 unspecified atom stereocenters. The molecule has 0 aliphatic carbocycles. The molecule has 5 heteroatoms. The van der Waals surface area contributed by atoms with E-state index in [0.29, 0.717) is 6.54 Å². The number of nitrogens with one attached hydrogen (secondary N) is 2. The molecule has 0 radical (unpaired) electrons. The lowest BCUT2D eigenvalue weighted by atomic mass is 10.2. The van der Waals surface area contributed by atoms with E-state index in [-0.39, 0.29) is 11.9 Å². The SMILES string of the molecule is CSc1cccc(NC(C)C(=O)NCc2ccco2)c1. The third-order valence-corrected chi connectivity index (χ3v) is 3.59. The van der Waals surface area contributed by atoms with E-state index in [9.17, 15) is 4.79 Å². The fourth-order valence-electron chi connectivity index (χ4n) is 1.77. The van der Waals surface area contributed by atoms with Gasteiger partial charge in [-0.1, -0.05) is 6.07 Å². The Balaban J connectivity index is 1.86. The Morgan fingerprint density at radius 3 is 2.90 bits per heavy atom. The van der Waals surface area contributed by atoms with Crippen LogP contribution in [0.2, 0.25) is 0 Å². The molecule has 106 valence electrons. The highest BCUT2D eigenvalue weighted by atomic mass is 32.2. The van der Waals surface area contributed by atoms with Crippen LogP contribution < -0.4 is 10.6 Å². The fourth-order valence-corrected chi connectivity index (χ4v) is 2.23. The summed E-state index contributed by atoms with van der Waals surface area (Å²) in [7, 11) is 0. The van der Waals surface area contributed by atoms with Crippen molar-refractivity contribution in [3.8, 4) is 0 Å². The predicted octanol–water partition coefficient (Wildman–Crippen LogP) is 3.12. The second kappa shape index (κ2) is 7.05. The number of hydrogen-bond donors (Lipinski definition) is 2. The first-order valence-corrected chi connectivity index (χ1v) is 7.62. The normalized spacial score (nSPS) is 11.9. The molecule has 1 aromatic carbocycles. The zero-order chi connectivity index (χ0) is 14.4. The number of carbonyl (C=O) groups excluding carboxylic acids is 1. The van der Waals surface area contributed by atoms with Crippen LogP contribution in [0.15, 0.2) is 52.0 Å². The minimum absolute atomic E-state index is 0.0593. The Bertz CT molecular complexity index is 555. The second-order valence-electron chi connectivity index (χ2n) is 4.40. The van der Waals surface area contributed by atoms with E-state index < -0.39 is 0 Å². The number of anilines is 1. The lowest BCUT2D eigenvalue weighted by Gasteiger charge is -2.15. The Morgan fingerprint density at radius 2 is 2.20 bits per heavy atom. The number of hydrogen-bond acceptors (Lipinski definition) is 4. The van der Waals surface area contributed by atoms with Crippen molar-refractivity contribution in [2.45, 2.75) is 24.4 Å². The van der Waals surface area contributed by atoms with Crippen LogP contribution in [0.3, 0.4) is 0 Å². The molecule has 4 nitrogen and oxygen atoms in total. The first kappa shape index (κ1) is 14.5. The average molecular weight is 290 g/mol. The van der Waals surface area contributed by atoms with Gasteiger partial charge in [0.05, 0.1) is 12.8 Å². The maximum Gasteiger partial charge on any atom is 0.242 e. The first-order chi connectivity index (χ1) is 9.69. The lowest BCUT2D eigenvalue weighted by Crippen LogP contribution is -2.37. The van der Waals surface area contributed by atoms with Gasteiger partial charge in [0.1, 0.15) is 11.8 Å². The molecule has 2 aromatic rings. The van der Waals surface area contributed by atoms with Gasteiger partial charge >= 0.3 is 0 Å². The van der Waals surface area contributed by atoms with Gasteiger partial charge < -0.3 is 15.1 Å². The Hall–Kier alpha value is -1.88. The monoisotopic (exact) mass is 290 g/mol. The average Bonchev–Trinajstić information content (AvgIpc) is 2.98. The van der Waals surface area contributed by atoms with Crippen LogP contribution in [0.1, 0.15) is 12.7 Å². The minimum atomic E-state index is -0.304. The molecule has 1 heterocycles. The van der Waals surface area contributed by atoms with Crippen molar-refractivity contribution in [3.63, 3.8) is 0 Å². The molecule has 1 aromatic heterocycles. The van der Waals surface area contributed by atoms with Gasteiger partial charge in [-0.15, -0.1) is 11.8 Å². The van der Waals surface area contributed by atoms with Crippen LogP contribution in [-0.4, -0.2) is 18.2 Å². The van der Waals surface area contributed by atoms with E-state index in [1.807, 2.05) is 43.5 Å². The maximum atomic E-state index is 12.0. The third kappa shape index (κ3) is 4.06. The zero-order valence-electron chi connectivity index (χ0n) is 11.6. The molecule has 0 saturated heterocycles. The van der Waals surface area contributed by atoms with Crippen molar-refractivity contribution < 1.29 is 9.21 Å².